The van der Waals surface area contributed by atoms with Crippen molar-refractivity contribution in [2.75, 3.05) is 16.8 Å². The zero-order valence-electron chi connectivity index (χ0n) is 14.6. The molecule has 29 heavy (non-hydrogen) atoms. The van der Waals surface area contributed by atoms with Gasteiger partial charge in [0.25, 0.3) is 11.8 Å². The molecule has 1 saturated heterocycles. The normalized spacial score (nSPS) is 20.4. The lowest BCUT2D eigenvalue weighted by Gasteiger charge is -2.20. The minimum atomic E-state index is -1.21. The van der Waals surface area contributed by atoms with E-state index in [0.717, 1.165) is 29.3 Å². The number of anilines is 2. The summed E-state index contributed by atoms with van der Waals surface area (Å²) in [6, 6.07) is 5.44. The van der Waals surface area contributed by atoms with Crippen molar-refractivity contribution in [1.82, 2.24) is 5.01 Å². The van der Waals surface area contributed by atoms with Crippen molar-refractivity contribution < 1.29 is 27.6 Å². The molecule has 0 radical (unpaired) electrons. The summed E-state index contributed by atoms with van der Waals surface area (Å²) < 4.78 is 39.9. The van der Waals surface area contributed by atoms with E-state index >= 15 is 0 Å². The van der Waals surface area contributed by atoms with Gasteiger partial charge in [0.1, 0.15) is 12.4 Å². The topological polar surface area (TPSA) is 94.4 Å². The van der Waals surface area contributed by atoms with Crippen LogP contribution < -0.4 is 10.2 Å². The van der Waals surface area contributed by atoms with Crippen molar-refractivity contribution in [3.63, 3.8) is 0 Å². The van der Waals surface area contributed by atoms with Crippen molar-refractivity contribution in [2.45, 2.75) is 12.1 Å². The summed E-state index contributed by atoms with van der Waals surface area (Å²) in [5.41, 5.74) is 0.0626. The second-order valence-corrected chi connectivity index (χ2v) is 6.36. The first kappa shape index (κ1) is 18.6. The molecule has 11 heteroatoms. The monoisotopic (exact) mass is 403 g/mol. The zero-order chi connectivity index (χ0) is 20.7. The van der Waals surface area contributed by atoms with Gasteiger partial charge in [-0.2, -0.15) is 5.11 Å². The largest absolute Gasteiger partial charge is 0.324 e. The highest BCUT2D eigenvalue weighted by atomic mass is 19.2. The standard InChI is InChI=1S/C18H12F3N5O3/c19-9-2-1-3-10(6-9)22-14(27)8-25-16-15(23-24-25)17(28)26(18(16)29)11-4-5-12(20)13(21)7-11/h1-7,15-16H,8H2,(H,22,27). The van der Waals surface area contributed by atoms with Gasteiger partial charge < -0.3 is 5.32 Å². The lowest BCUT2D eigenvalue weighted by molar-refractivity contribution is -0.123. The average molecular weight is 403 g/mol. The smallest absolute Gasteiger partial charge is 0.263 e. The van der Waals surface area contributed by atoms with Crippen molar-refractivity contribution in [3.05, 3.63) is 59.9 Å². The maximum atomic E-state index is 13.5. The summed E-state index contributed by atoms with van der Waals surface area (Å²) in [5.74, 6) is -5.02. The molecule has 2 aromatic carbocycles. The number of carbonyl (C=O) groups is 3. The molecule has 0 bridgehead atoms. The van der Waals surface area contributed by atoms with Crippen molar-refractivity contribution >= 4 is 29.1 Å². The molecule has 2 unspecified atom stereocenters. The minimum absolute atomic E-state index is 0.146. The van der Waals surface area contributed by atoms with Crippen LogP contribution in [0.3, 0.4) is 0 Å². The maximum absolute atomic E-state index is 13.5. The highest BCUT2D eigenvalue weighted by Gasteiger charge is 2.55. The summed E-state index contributed by atoms with van der Waals surface area (Å²) >= 11 is 0. The molecule has 2 heterocycles. The molecular formula is C18H12F3N5O3. The first-order chi connectivity index (χ1) is 13.8. The molecule has 0 saturated carbocycles. The van der Waals surface area contributed by atoms with Crippen LogP contribution in [-0.4, -0.2) is 41.4 Å². The number of amides is 3. The summed E-state index contributed by atoms with van der Waals surface area (Å²) in [4.78, 5) is 38.2. The highest BCUT2D eigenvalue weighted by molar-refractivity contribution is 6.25. The van der Waals surface area contributed by atoms with Gasteiger partial charge >= 0.3 is 0 Å². The Morgan fingerprint density at radius 3 is 2.55 bits per heavy atom. The molecule has 2 aliphatic rings. The van der Waals surface area contributed by atoms with E-state index in [9.17, 15) is 27.6 Å². The van der Waals surface area contributed by atoms with Crippen molar-refractivity contribution in [1.29, 1.82) is 0 Å². The Kier molecular flexibility index (Phi) is 4.49. The number of carbonyl (C=O) groups excluding carboxylic acids is 3. The molecule has 148 valence electrons. The number of hydrogen-bond donors (Lipinski definition) is 1. The third-order valence-corrected chi connectivity index (χ3v) is 4.43. The minimum Gasteiger partial charge on any atom is -0.324 e. The second-order valence-electron chi connectivity index (χ2n) is 6.36. The number of nitrogens with zero attached hydrogens (tertiary/aromatic N) is 4. The molecule has 4 rings (SSSR count). The number of benzene rings is 2. The van der Waals surface area contributed by atoms with Gasteiger partial charge in [0.05, 0.1) is 5.69 Å². The fourth-order valence-corrected chi connectivity index (χ4v) is 3.15. The summed E-state index contributed by atoms with van der Waals surface area (Å²) in [7, 11) is 0. The Labute approximate surface area is 161 Å². The van der Waals surface area contributed by atoms with Crippen LogP contribution in [0.25, 0.3) is 0 Å². The third kappa shape index (κ3) is 3.30. The molecule has 1 N–H and O–H groups in total. The van der Waals surface area contributed by atoms with Crippen LogP contribution in [0.4, 0.5) is 24.5 Å². The maximum Gasteiger partial charge on any atom is 0.263 e. The summed E-state index contributed by atoms with van der Waals surface area (Å²) in [6.45, 7) is -0.425. The summed E-state index contributed by atoms with van der Waals surface area (Å²) in [6.07, 6.45) is 0. The lowest BCUT2D eigenvalue weighted by Crippen LogP contribution is -2.43. The molecule has 0 aromatic heterocycles. The Morgan fingerprint density at radius 1 is 1.03 bits per heavy atom. The number of hydrogen-bond acceptors (Lipinski definition) is 6. The van der Waals surface area contributed by atoms with Crippen LogP contribution in [0.1, 0.15) is 0 Å². The molecular weight excluding hydrogens is 391 g/mol. The van der Waals surface area contributed by atoms with E-state index < -0.39 is 53.8 Å². The van der Waals surface area contributed by atoms with E-state index in [1.165, 1.54) is 18.2 Å². The number of imide groups is 1. The Bertz CT molecular complexity index is 1060. The van der Waals surface area contributed by atoms with Gasteiger partial charge in [-0.3, -0.25) is 19.4 Å². The molecule has 2 aromatic rings. The van der Waals surface area contributed by atoms with Gasteiger partial charge in [0.2, 0.25) is 5.91 Å². The molecule has 8 nitrogen and oxygen atoms in total. The van der Waals surface area contributed by atoms with E-state index in [1.807, 2.05) is 0 Å². The first-order valence-electron chi connectivity index (χ1n) is 8.41. The Hall–Kier alpha value is -3.76. The number of halogens is 3. The molecule has 2 aliphatic heterocycles. The highest BCUT2D eigenvalue weighted by Crippen LogP contribution is 2.32. The fourth-order valence-electron chi connectivity index (χ4n) is 3.15. The van der Waals surface area contributed by atoms with Crippen LogP contribution in [0.5, 0.6) is 0 Å². The first-order valence-corrected chi connectivity index (χ1v) is 8.41. The van der Waals surface area contributed by atoms with Gasteiger partial charge in [-0.15, -0.1) is 0 Å². The van der Waals surface area contributed by atoms with Crippen molar-refractivity contribution in [2.24, 2.45) is 10.3 Å². The van der Waals surface area contributed by atoms with Crippen LogP contribution in [0.15, 0.2) is 52.8 Å². The molecule has 3 amide bonds. The quantitative estimate of drug-likeness (QED) is 0.791. The van der Waals surface area contributed by atoms with Crippen LogP contribution in [0, 0.1) is 17.5 Å². The Balaban J connectivity index is 1.50. The SMILES string of the molecule is O=C(CN1N=NC2C(=O)N(c3ccc(F)c(F)c3)C(=O)C21)Nc1cccc(F)c1. The predicted octanol–water partition coefficient (Wildman–Crippen LogP) is 2.04. The lowest BCUT2D eigenvalue weighted by atomic mass is 10.1. The van der Waals surface area contributed by atoms with Crippen molar-refractivity contribution in [3.8, 4) is 0 Å². The Morgan fingerprint density at radius 2 is 1.83 bits per heavy atom. The van der Waals surface area contributed by atoms with E-state index in [4.69, 9.17) is 0 Å². The molecule has 0 spiro atoms. The zero-order valence-corrected chi connectivity index (χ0v) is 14.6. The third-order valence-electron chi connectivity index (χ3n) is 4.43. The fraction of sp³-hybridized carbons (Fsp3) is 0.167. The van der Waals surface area contributed by atoms with E-state index in [0.29, 0.717) is 4.90 Å². The summed E-state index contributed by atoms with van der Waals surface area (Å²) in [5, 5.41) is 10.9. The van der Waals surface area contributed by atoms with Gasteiger partial charge in [-0.25, -0.2) is 18.1 Å². The van der Waals surface area contributed by atoms with Crippen LogP contribution >= 0.6 is 0 Å². The van der Waals surface area contributed by atoms with E-state index in [2.05, 4.69) is 15.7 Å². The van der Waals surface area contributed by atoms with E-state index in [-0.39, 0.29) is 11.4 Å². The van der Waals surface area contributed by atoms with E-state index in [1.54, 1.807) is 0 Å². The number of rotatable bonds is 4. The molecule has 0 aliphatic carbocycles. The predicted molar refractivity (Wildman–Crippen MR) is 93.0 cm³/mol. The van der Waals surface area contributed by atoms with Gasteiger partial charge in [-0.05, 0) is 30.3 Å². The molecule has 1 fully saturated rings. The number of nitrogens with one attached hydrogen (secondary N) is 1. The number of fused-ring (bicyclic) bond motifs is 1. The second kappa shape index (κ2) is 7.00. The average Bonchev–Trinajstić information content (AvgIpc) is 3.18. The van der Waals surface area contributed by atoms with Gasteiger partial charge in [0, 0.05) is 11.8 Å². The molecule has 2 atom stereocenters. The van der Waals surface area contributed by atoms with Crippen LogP contribution in [-0.2, 0) is 14.4 Å². The van der Waals surface area contributed by atoms with Crippen LogP contribution in [0.2, 0.25) is 0 Å². The van der Waals surface area contributed by atoms with Gasteiger partial charge in [0.15, 0.2) is 23.7 Å². The van der Waals surface area contributed by atoms with Gasteiger partial charge in [-0.1, -0.05) is 11.3 Å².